The van der Waals surface area contributed by atoms with Gasteiger partial charge >= 0.3 is 11.9 Å². The summed E-state index contributed by atoms with van der Waals surface area (Å²) in [5.74, 6) is -5.87. The normalized spacial score (nSPS) is 15.0. The van der Waals surface area contributed by atoms with Gasteiger partial charge in [0.15, 0.2) is 5.60 Å². The van der Waals surface area contributed by atoms with Gasteiger partial charge in [-0.05, 0) is 19.9 Å². The lowest BCUT2D eigenvalue weighted by atomic mass is 9.89. The molecule has 1 rings (SSSR count). The molecule has 0 aliphatic rings. The van der Waals surface area contributed by atoms with Crippen molar-refractivity contribution in [3.8, 4) is 0 Å². The van der Waals surface area contributed by atoms with E-state index < -0.39 is 17.5 Å². The van der Waals surface area contributed by atoms with E-state index in [1.807, 2.05) is 0 Å². The lowest BCUT2D eigenvalue weighted by molar-refractivity contribution is -0.212. The quantitative estimate of drug-likeness (QED) is 0.862. The third-order valence-electron chi connectivity index (χ3n) is 2.54. The third kappa shape index (κ3) is 2.47. The summed E-state index contributed by atoms with van der Waals surface area (Å²) in [6, 6.07) is 5.56. The van der Waals surface area contributed by atoms with Gasteiger partial charge in [0.1, 0.15) is 0 Å². The molecule has 1 aromatic rings. The SMILES string of the molecule is CCOC(=O)C(F)(F)C(C)(O)c1ccccc1Cl. The topological polar surface area (TPSA) is 46.5 Å². The number of alkyl halides is 2. The lowest BCUT2D eigenvalue weighted by Gasteiger charge is -2.31. The summed E-state index contributed by atoms with van der Waals surface area (Å²) >= 11 is 5.75. The maximum atomic E-state index is 13.9. The highest BCUT2D eigenvalue weighted by Crippen LogP contribution is 2.41. The Morgan fingerprint density at radius 1 is 1.44 bits per heavy atom. The number of halogens is 3. The molecule has 18 heavy (non-hydrogen) atoms. The van der Waals surface area contributed by atoms with E-state index in [4.69, 9.17) is 11.6 Å². The third-order valence-corrected chi connectivity index (χ3v) is 2.87. The van der Waals surface area contributed by atoms with Gasteiger partial charge in [-0.1, -0.05) is 29.8 Å². The number of esters is 1. The Kier molecular flexibility index (Phi) is 4.29. The van der Waals surface area contributed by atoms with Crippen LogP contribution in [0.5, 0.6) is 0 Å². The minimum absolute atomic E-state index is 0.0496. The molecule has 1 unspecified atom stereocenters. The molecule has 0 aliphatic carbocycles. The fourth-order valence-corrected chi connectivity index (χ4v) is 1.77. The van der Waals surface area contributed by atoms with Gasteiger partial charge in [-0.25, -0.2) is 4.79 Å². The molecule has 1 atom stereocenters. The molecule has 100 valence electrons. The van der Waals surface area contributed by atoms with Crippen molar-refractivity contribution < 1.29 is 23.4 Å². The number of ether oxygens (including phenoxy) is 1. The second-order valence-corrected chi connectivity index (χ2v) is 4.25. The van der Waals surface area contributed by atoms with Gasteiger partial charge in [0.2, 0.25) is 0 Å². The van der Waals surface area contributed by atoms with Crippen LogP contribution in [-0.2, 0) is 15.1 Å². The average Bonchev–Trinajstić information content (AvgIpc) is 2.29. The molecule has 6 heteroatoms. The van der Waals surface area contributed by atoms with Crippen LogP contribution in [0.1, 0.15) is 19.4 Å². The largest absolute Gasteiger partial charge is 0.461 e. The van der Waals surface area contributed by atoms with Gasteiger partial charge in [-0.3, -0.25) is 0 Å². The van der Waals surface area contributed by atoms with Crippen molar-refractivity contribution in [1.29, 1.82) is 0 Å². The molecule has 3 nitrogen and oxygen atoms in total. The first-order valence-electron chi connectivity index (χ1n) is 5.27. The summed E-state index contributed by atoms with van der Waals surface area (Å²) in [5.41, 5.74) is -2.97. The molecule has 0 aromatic heterocycles. The number of hydrogen-bond acceptors (Lipinski definition) is 3. The van der Waals surface area contributed by atoms with E-state index in [0.29, 0.717) is 0 Å². The van der Waals surface area contributed by atoms with Crippen LogP contribution in [0.3, 0.4) is 0 Å². The number of rotatable bonds is 4. The predicted molar refractivity (Wildman–Crippen MR) is 62.6 cm³/mol. The molecule has 0 spiro atoms. The van der Waals surface area contributed by atoms with Crippen molar-refractivity contribution in [3.05, 3.63) is 34.9 Å². The van der Waals surface area contributed by atoms with Gasteiger partial charge in [0.25, 0.3) is 0 Å². The zero-order valence-corrected chi connectivity index (χ0v) is 10.7. The maximum Gasteiger partial charge on any atom is 0.380 e. The summed E-state index contributed by atoms with van der Waals surface area (Å²) in [7, 11) is 0. The number of carbonyl (C=O) groups excluding carboxylic acids is 1. The van der Waals surface area contributed by atoms with Crippen molar-refractivity contribution in [2.45, 2.75) is 25.4 Å². The van der Waals surface area contributed by atoms with Crippen LogP contribution < -0.4 is 0 Å². The van der Waals surface area contributed by atoms with Crippen LogP contribution in [0, 0.1) is 0 Å². The van der Waals surface area contributed by atoms with E-state index in [1.54, 1.807) is 0 Å². The van der Waals surface area contributed by atoms with Crippen LogP contribution in [0.4, 0.5) is 8.78 Å². The first kappa shape index (κ1) is 14.9. The summed E-state index contributed by atoms with van der Waals surface area (Å²) in [4.78, 5) is 11.2. The Labute approximate surface area is 108 Å². The molecule has 1 aromatic carbocycles. The number of carbonyl (C=O) groups is 1. The predicted octanol–water partition coefficient (Wildman–Crippen LogP) is 2.75. The van der Waals surface area contributed by atoms with E-state index in [9.17, 15) is 18.7 Å². The molecule has 0 radical (unpaired) electrons. The van der Waals surface area contributed by atoms with Crippen LogP contribution in [0.15, 0.2) is 24.3 Å². The Morgan fingerprint density at radius 2 is 2.00 bits per heavy atom. The van der Waals surface area contributed by atoms with Crippen molar-refractivity contribution in [2.24, 2.45) is 0 Å². The van der Waals surface area contributed by atoms with Gasteiger partial charge in [0, 0.05) is 10.6 Å². The first-order valence-corrected chi connectivity index (χ1v) is 5.65. The smallest absolute Gasteiger partial charge is 0.380 e. The Bertz CT molecular complexity index is 447. The van der Waals surface area contributed by atoms with Crippen LogP contribution in [-0.4, -0.2) is 23.6 Å². The molecule has 0 fully saturated rings. The van der Waals surface area contributed by atoms with E-state index >= 15 is 0 Å². The summed E-state index contributed by atoms with van der Waals surface area (Å²) < 4.78 is 32.0. The first-order chi connectivity index (χ1) is 8.25. The van der Waals surface area contributed by atoms with Crippen LogP contribution >= 0.6 is 11.6 Å². The zero-order valence-electron chi connectivity index (χ0n) is 9.91. The molecular weight excluding hydrogens is 266 g/mol. The van der Waals surface area contributed by atoms with Crippen molar-refractivity contribution in [2.75, 3.05) is 6.61 Å². The van der Waals surface area contributed by atoms with Crippen molar-refractivity contribution in [1.82, 2.24) is 0 Å². The molecule has 0 saturated carbocycles. The summed E-state index contributed by atoms with van der Waals surface area (Å²) in [6.07, 6.45) is 0. The minimum Gasteiger partial charge on any atom is -0.461 e. The molecular formula is C12H13ClF2O3. The Hall–Kier alpha value is -1.20. The van der Waals surface area contributed by atoms with Gasteiger partial charge in [0.05, 0.1) is 6.61 Å². The Morgan fingerprint density at radius 3 is 2.50 bits per heavy atom. The second-order valence-electron chi connectivity index (χ2n) is 3.85. The van der Waals surface area contributed by atoms with Gasteiger partial charge in [-0.15, -0.1) is 0 Å². The maximum absolute atomic E-state index is 13.9. The number of hydrogen-bond donors (Lipinski definition) is 1. The highest BCUT2D eigenvalue weighted by Gasteiger charge is 2.58. The van der Waals surface area contributed by atoms with Crippen LogP contribution in [0.2, 0.25) is 5.02 Å². The van der Waals surface area contributed by atoms with E-state index in [0.717, 1.165) is 6.92 Å². The summed E-state index contributed by atoms with van der Waals surface area (Å²) in [5, 5.41) is 9.91. The molecule has 0 bridgehead atoms. The molecule has 0 amide bonds. The van der Waals surface area contributed by atoms with Gasteiger partial charge in [-0.2, -0.15) is 8.78 Å². The van der Waals surface area contributed by atoms with Gasteiger partial charge < -0.3 is 9.84 Å². The fraction of sp³-hybridized carbons (Fsp3) is 0.417. The summed E-state index contributed by atoms with van der Waals surface area (Å²) in [6.45, 7) is 2.02. The fourth-order valence-electron chi connectivity index (χ4n) is 1.45. The van der Waals surface area contributed by atoms with E-state index in [2.05, 4.69) is 4.74 Å². The highest BCUT2D eigenvalue weighted by atomic mass is 35.5. The van der Waals surface area contributed by atoms with Crippen LogP contribution in [0.25, 0.3) is 0 Å². The Balaban J connectivity index is 3.20. The molecule has 0 saturated heterocycles. The molecule has 1 N–H and O–H groups in total. The zero-order chi connectivity index (χ0) is 14.0. The minimum atomic E-state index is -4.09. The lowest BCUT2D eigenvalue weighted by Crippen LogP contribution is -2.49. The second kappa shape index (κ2) is 5.20. The average molecular weight is 279 g/mol. The number of aliphatic hydroxyl groups is 1. The van der Waals surface area contributed by atoms with Crippen molar-refractivity contribution in [3.63, 3.8) is 0 Å². The standard InChI is InChI=1S/C12H13ClF2O3/c1-3-18-10(16)12(14,15)11(2,17)8-6-4-5-7-9(8)13/h4-7,17H,3H2,1-2H3. The highest BCUT2D eigenvalue weighted by molar-refractivity contribution is 6.31. The molecule has 0 heterocycles. The van der Waals surface area contributed by atoms with E-state index in [-0.39, 0.29) is 17.2 Å². The van der Waals surface area contributed by atoms with Crippen molar-refractivity contribution >= 4 is 17.6 Å². The van der Waals surface area contributed by atoms with E-state index in [1.165, 1.54) is 31.2 Å². The monoisotopic (exact) mass is 278 g/mol. The molecule has 0 aliphatic heterocycles. The number of benzene rings is 1.